The number of aryl methyl sites for hydroxylation is 2. The van der Waals surface area contributed by atoms with Gasteiger partial charge < -0.3 is 5.11 Å². The number of rotatable bonds is 4. The average Bonchev–Trinajstić information content (AvgIpc) is 2.64. The zero-order valence-electron chi connectivity index (χ0n) is 11.8. The number of nitrogens with zero attached hydrogens (tertiary/aromatic N) is 2. The first-order valence-corrected chi connectivity index (χ1v) is 6.53. The van der Waals surface area contributed by atoms with Gasteiger partial charge in [-0.15, -0.1) is 0 Å². The van der Waals surface area contributed by atoms with Crippen molar-refractivity contribution in [2.24, 2.45) is 0 Å². The SMILES string of the molecule is CCCn1nc(C)c(-c2ccc(C(=O)O)c(F)c2)c1C. The Morgan fingerprint density at radius 3 is 2.65 bits per heavy atom. The van der Waals surface area contributed by atoms with Crippen molar-refractivity contribution in [3.63, 3.8) is 0 Å². The van der Waals surface area contributed by atoms with Gasteiger partial charge in [0.25, 0.3) is 0 Å². The average molecular weight is 276 g/mol. The molecule has 1 aromatic heterocycles. The number of aromatic nitrogens is 2. The Balaban J connectivity index is 2.52. The standard InChI is InChI=1S/C15H17FN2O2/c1-4-7-18-10(3)14(9(2)17-18)11-5-6-12(15(19)20)13(16)8-11/h5-6,8H,4,7H2,1-3H3,(H,19,20). The third-order valence-corrected chi connectivity index (χ3v) is 3.31. The predicted molar refractivity (Wildman–Crippen MR) is 74.3 cm³/mol. The van der Waals surface area contributed by atoms with E-state index in [9.17, 15) is 9.18 Å². The number of carbonyl (C=O) groups is 1. The molecule has 0 fully saturated rings. The summed E-state index contributed by atoms with van der Waals surface area (Å²) in [4.78, 5) is 10.8. The minimum absolute atomic E-state index is 0.315. The molecule has 4 nitrogen and oxygen atoms in total. The number of hydrogen-bond acceptors (Lipinski definition) is 2. The number of benzene rings is 1. The number of hydrogen-bond donors (Lipinski definition) is 1. The molecule has 0 bridgehead atoms. The first kappa shape index (κ1) is 14.2. The number of aromatic carboxylic acids is 1. The van der Waals surface area contributed by atoms with Crippen LogP contribution in [0.15, 0.2) is 18.2 Å². The molecule has 0 aliphatic carbocycles. The van der Waals surface area contributed by atoms with E-state index in [1.165, 1.54) is 12.1 Å². The smallest absolute Gasteiger partial charge is 0.338 e. The van der Waals surface area contributed by atoms with E-state index in [2.05, 4.69) is 12.0 Å². The molecule has 0 amide bonds. The quantitative estimate of drug-likeness (QED) is 0.931. The van der Waals surface area contributed by atoms with E-state index >= 15 is 0 Å². The molecular formula is C15H17FN2O2. The van der Waals surface area contributed by atoms with Crippen LogP contribution >= 0.6 is 0 Å². The summed E-state index contributed by atoms with van der Waals surface area (Å²) < 4.78 is 15.7. The summed E-state index contributed by atoms with van der Waals surface area (Å²) in [5, 5.41) is 13.3. The lowest BCUT2D eigenvalue weighted by Gasteiger charge is -2.06. The Labute approximate surface area is 116 Å². The van der Waals surface area contributed by atoms with Crippen LogP contribution in [0.4, 0.5) is 4.39 Å². The molecule has 5 heteroatoms. The molecule has 0 aliphatic rings. The molecular weight excluding hydrogens is 259 g/mol. The summed E-state index contributed by atoms with van der Waals surface area (Å²) in [6.07, 6.45) is 0.966. The third kappa shape index (κ3) is 2.43. The Morgan fingerprint density at radius 1 is 1.40 bits per heavy atom. The monoisotopic (exact) mass is 276 g/mol. The van der Waals surface area contributed by atoms with Crippen molar-refractivity contribution in [3.05, 3.63) is 41.0 Å². The second-order valence-corrected chi connectivity index (χ2v) is 4.77. The number of carboxylic acids is 1. The highest BCUT2D eigenvalue weighted by Crippen LogP contribution is 2.28. The van der Waals surface area contributed by atoms with Gasteiger partial charge in [0.05, 0.1) is 11.3 Å². The van der Waals surface area contributed by atoms with Crippen molar-refractivity contribution in [1.29, 1.82) is 0 Å². The van der Waals surface area contributed by atoms with Crippen LogP contribution in [0.3, 0.4) is 0 Å². The van der Waals surface area contributed by atoms with Crippen LogP contribution in [0.25, 0.3) is 11.1 Å². The van der Waals surface area contributed by atoms with Gasteiger partial charge in [0, 0.05) is 17.8 Å². The highest BCUT2D eigenvalue weighted by molar-refractivity contribution is 5.88. The van der Waals surface area contributed by atoms with Gasteiger partial charge in [0.1, 0.15) is 5.82 Å². The zero-order chi connectivity index (χ0) is 14.9. The highest BCUT2D eigenvalue weighted by Gasteiger charge is 2.16. The van der Waals surface area contributed by atoms with Gasteiger partial charge in [-0.25, -0.2) is 9.18 Å². The zero-order valence-corrected chi connectivity index (χ0v) is 11.8. The molecule has 0 aliphatic heterocycles. The van der Waals surface area contributed by atoms with E-state index in [1.54, 1.807) is 6.07 Å². The van der Waals surface area contributed by atoms with Gasteiger partial charge >= 0.3 is 5.97 Å². The molecule has 2 rings (SSSR count). The fraction of sp³-hybridized carbons (Fsp3) is 0.333. The van der Waals surface area contributed by atoms with Crippen LogP contribution in [0, 0.1) is 19.7 Å². The highest BCUT2D eigenvalue weighted by atomic mass is 19.1. The van der Waals surface area contributed by atoms with Crippen LogP contribution in [0.1, 0.15) is 35.1 Å². The largest absolute Gasteiger partial charge is 0.478 e. The van der Waals surface area contributed by atoms with Crippen LogP contribution in [0.5, 0.6) is 0 Å². The van der Waals surface area contributed by atoms with Crippen molar-refractivity contribution in [2.45, 2.75) is 33.7 Å². The van der Waals surface area contributed by atoms with Crippen molar-refractivity contribution in [3.8, 4) is 11.1 Å². The maximum absolute atomic E-state index is 13.8. The molecule has 0 radical (unpaired) electrons. The topological polar surface area (TPSA) is 55.1 Å². The first-order valence-electron chi connectivity index (χ1n) is 6.53. The van der Waals surface area contributed by atoms with E-state index in [1.807, 2.05) is 18.5 Å². The summed E-state index contributed by atoms with van der Waals surface area (Å²) in [6, 6.07) is 4.18. The molecule has 0 saturated heterocycles. The summed E-state index contributed by atoms with van der Waals surface area (Å²) in [7, 11) is 0. The first-order chi connectivity index (χ1) is 9.45. The molecule has 1 aromatic carbocycles. The molecule has 0 spiro atoms. The number of carboxylic acid groups (broad SMARTS) is 1. The van der Waals surface area contributed by atoms with Crippen molar-refractivity contribution in [1.82, 2.24) is 9.78 Å². The Kier molecular flexibility index (Phi) is 3.88. The lowest BCUT2D eigenvalue weighted by atomic mass is 10.0. The van der Waals surface area contributed by atoms with E-state index in [4.69, 9.17) is 5.11 Å². The van der Waals surface area contributed by atoms with E-state index in [-0.39, 0.29) is 5.56 Å². The molecule has 0 saturated carbocycles. The molecule has 1 heterocycles. The van der Waals surface area contributed by atoms with Gasteiger partial charge in [-0.05, 0) is 38.0 Å². The molecule has 20 heavy (non-hydrogen) atoms. The fourth-order valence-corrected chi connectivity index (χ4v) is 2.39. The van der Waals surface area contributed by atoms with Gasteiger partial charge in [0.15, 0.2) is 0 Å². The van der Waals surface area contributed by atoms with E-state index in [0.717, 1.165) is 29.9 Å². The molecule has 1 N–H and O–H groups in total. The van der Waals surface area contributed by atoms with Gasteiger partial charge in [-0.2, -0.15) is 5.10 Å². The van der Waals surface area contributed by atoms with Crippen LogP contribution in [0.2, 0.25) is 0 Å². The summed E-state index contributed by atoms with van der Waals surface area (Å²) >= 11 is 0. The summed E-state index contributed by atoms with van der Waals surface area (Å²) in [6.45, 7) is 6.69. The van der Waals surface area contributed by atoms with Crippen LogP contribution in [-0.4, -0.2) is 20.9 Å². The summed E-state index contributed by atoms with van der Waals surface area (Å²) in [5.74, 6) is -1.98. The molecule has 2 aromatic rings. The lowest BCUT2D eigenvalue weighted by molar-refractivity contribution is 0.0692. The van der Waals surface area contributed by atoms with Gasteiger partial charge in [-0.3, -0.25) is 4.68 Å². The van der Waals surface area contributed by atoms with Crippen molar-refractivity contribution in [2.75, 3.05) is 0 Å². The van der Waals surface area contributed by atoms with E-state index in [0.29, 0.717) is 5.56 Å². The molecule has 106 valence electrons. The molecule has 0 unspecified atom stereocenters. The third-order valence-electron chi connectivity index (χ3n) is 3.31. The molecule has 0 atom stereocenters. The lowest BCUT2D eigenvalue weighted by Crippen LogP contribution is -2.02. The van der Waals surface area contributed by atoms with Gasteiger partial charge in [0.2, 0.25) is 0 Å². The second kappa shape index (κ2) is 5.45. The predicted octanol–water partition coefficient (Wildman–Crippen LogP) is 3.41. The fourth-order valence-electron chi connectivity index (χ4n) is 2.39. The Bertz CT molecular complexity index is 662. The maximum atomic E-state index is 13.8. The Hall–Kier alpha value is -2.17. The minimum atomic E-state index is -1.26. The normalized spacial score (nSPS) is 10.8. The van der Waals surface area contributed by atoms with Crippen molar-refractivity contribution >= 4 is 5.97 Å². The number of halogens is 1. The second-order valence-electron chi connectivity index (χ2n) is 4.77. The van der Waals surface area contributed by atoms with Crippen LogP contribution in [-0.2, 0) is 6.54 Å². The minimum Gasteiger partial charge on any atom is -0.478 e. The summed E-state index contributed by atoms with van der Waals surface area (Å²) in [5.41, 5.74) is 2.99. The Morgan fingerprint density at radius 2 is 2.10 bits per heavy atom. The van der Waals surface area contributed by atoms with E-state index < -0.39 is 11.8 Å². The maximum Gasteiger partial charge on any atom is 0.338 e. The van der Waals surface area contributed by atoms with Crippen LogP contribution < -0.4 is 0 Å². The van der Waals surface area contributed by atoms with Crippen molar-refractivity contribution < 1.29 is 14.3 Å². The van der Waals surface area contributed by atoms with Gasteiger partial charge in [-0.1, -0.05) is 13.0 Å².